The first-order valence-corrected chi connectivity index (χ1v) is 7.73. The average Bonchev–Trinajstić information content (AvgIpc) is 2.46. The summed E-state index contributed by atoms with van der Waals surface area (Å²) in [6.45, 7) is 0.422. The quantitative estimate of drug-likeness (QED) is 0.742. The lowest BCUT2D eigenvalue weighted by atomic mass is 10.2. The van der Waals surface area contributed by atoms with Crippen LogP contribution in [0, 0.1) is 5.82 Å². The van der Waals surface area contributed by atoms with Crippen molar-refractivity contribution < 1.29 is 13.9 Å². The minimum Gasteiger partial charge on any atom is -0.497 e. The van der Waals surface area contributed by atoms with Gasteiger partial charge >= 0.3 is 0 Å². The minimum absolute atomic E-state index is 0.330. The van der Waals surface area contributed by atoms with Crippen LogP contribution in [0.4, 0.5) is 10.1 Å². The molecule has 0 bridgehead atoms. The van der Waals surface area contributed by atoms with Gasteiger partial charge in [0, 0.05) is 22.6 Å². The molecule has 0 saturated carbocycles. The number of anilines is 1. The molecule has 2 rings (SSSR count). The van der Waals surface area contributed by atoms with Crippen LogP contribution in [0.5, 0.6) is 11.5 Å². The summed E-state index contributed by atoms with van der Waals surface area (Å²) in [5, 5.41) is 3.06. The van der Waals surface area contributed by atoms with Gasteiger partial charge in [-0.3, -0.25) is 0 Å². The Hall–Kier alpha value is -1.27. The van der Waals surface area contributed by atoms with E-state index in [2.05, 4.69) is 37.2 Å². The summed E-state index contributed by atoms with van der Waals surface area (Å²) in [5.41, 5.74) is 1.29. The SMILES string of the molecule is COc1ccc(F)c(NCc2cc(Br)cc(Br)c2OC)c1. The summed E-state index contributed by atoms with van der Waals surface area (Å²) >= 11 is 6.88. The van der Waals surface area contributed by atoms with Crippen LogP contribution in [-0.2, 0) is 6.54 Å². The molecule has 0 aliphatic rings. The fraction of sp³-hybridized carbons (Fsp3) is 0.200. The molecule has 0 radical (unpaired) electrons. The molecule has 112 valence electrons. The van der Waals surface area contributed by atoms with Gasteiger partial charge in [0.25, 0.3) is 0 Å². The van der Waals surface area contributed by atoms with Crippen LogP contribution >= 0.6 is 31.9 Å². The lowest BCUT2D eigenvalue weighted by Crippen LogP contribution is -2.04. The summed E-state index contributed by atoms with van der Waals surface area (Å²) in [7, 11) is 3.15. The highest BCUT2D eigenvalue weighted by atomic mass is 79.9. The second-order valence-electron chi connectivity index (χ2n) is 4.28. The molecule has 0 amide bonds. The molecule has 0 aliphatic heterocycles. The Kier molecular flexibility index (Phi) is 5.47. The van der Waals surface area contributed by atoms with E-state index >= 15 is 0 Å². The number of benzene rings is 2. The molecule has 0 aromatic heterocycles. The summed E-state index contributed by atoms with van der Waals surface area (Å²) in [6.07, 6.45) is 0. The van der Waals surface area contributed by atoms with Crippen molar-refractivity contribution in [1.82, 2.24) is 0 Å². The third-order valence-corrected chi connectivity index (χ3v) is 3.98. The predicted molar refractivity (Wildman–Crippen MR) is 88.7 cm³/mol. The molecular weight excluding hydrogens is 405 g/mol. The number of hydrogen-bond acceptors (Lipinski definition) is 3. The number of rotatable bonds is 5. The summed E-state index contributed by atoms with van der Waals surface area (Å²) in [5.74, 6) is 0.985. The van der Waals surface area contributed by atoms with Gasteiger partial charge in [-0.2, -0.15) is 0 Å². The largest absolute Gasteiger partial charge is 0.497 e. The fourth-order valence-corrected chi connectivity index (χ4v) is 3.41. The maximum absolute atomic E-state index is 13.8. The predicted octanol–water partition coefficient (Wildman–Crippen LogP) is 4.98. The summed E-state index contributed by atoms with van der Waals surface area (Å²) < 4.78 is 26.0. The zero-order valence-corrected chi connectivity index (χ0v) is 14.7. The van der Waals surface area contributed by atoms with Gasteiger partial charge in [0.05, 0.1) is 24.4 Å². The van der Waals surface area contributed by atoms with E-state index in [4.69, 9.17) is 9.47 Å². The molecule has 2 aromatic rings. The third-order valence-electron chi connectivity index (χ3n) is 2.93. The van der Waals surface area contributed by atoms with Gasteiger partial charge in [0.1, 0.15) is 17.3 Å². The molecule has 2 aromatic carbocycles. The number of nitrogens with one attached hydrogen (secondary N) is 1. The highest BCUT2D eigenvalue weighted by Gasteiger charge is 2.10. The topological polar surface area (TPSA) is 30.5 Å². The molecule has 0 heterocycles. The number of hydrogen-bond donors (Lipinski definition) is 1. The number of methoxy groups -OCH3 is 2. The van der Waals surface area contributed by atoms with Crippen LogP contribution in [0.2, 0.25) is 0 Å². The van der Waals surface area contributed by atoms with E-state index < -0.39 is 0 Å². The van der Waals surface area contributed by atoms with Gasteiger partial charge in [-0.05, 0) is 40.2 Å². The minimum atomic E-state index is -0.330. The first kappa shape index (κ1) is 16.1. The van der Waals surface area contributed by atoms with E-state index in [0.717, 1.165) is 14.5 Å². The monoisotopic (exact) mass is 417 g/mol. The van der Waals surface area contributed by atoms with Crippen LogP contribution in [0.3, 0.4) is 0 Å². The van der Waals surface area contributed by atoms with Crippen molar-refractivity contribution in [2.75, 3.05) is 19.5 Å². The Morgan fingerprint density at radius 1 is 1.10 bits per heavy atom. The Morgan fingerprint density at radius 2 is 1.86 bits per heavy atom. The van der Waals surface area contributed by atoms with Gasteiger partial charge in [0.15, 0.2) is 0 Å². The summed E-state index contributed by atoms with van der Waals surface area (Å²) in [4.78, 5) is 0. The van der Waals surface area contributed by atoms with E-state index in [1.54, 1.807) is 26.4 Å². The van der Waals surface area contributed by atoms with Crippen molar-refractivity contribution in [3.05, 3.63) is 50.7 Å². The second-order valence-corrected chi connectivity index (χ2v) is 6.05. The van der Waals surface area contributed by atoms with Gasteiger partial charge in [-0.15, -0.1) is 0 Å². The van der Waals surface area contributed by atoms with Gasteiger partial charge < -0.3 is 14.8 Å². The Labute approximate surface area is 139 Å². The maximum atomic E-state index is 13.8. The Bertz CT molecular complexity index is 650. The molecule has 0 aliphatic carbocycles. The van der Waals surface area contributed by atoms with Crippen molar-refractivity contribution in [3.8, 4) is 11.5 Å². The number of halogens is 3. The Balaban J connectivity index is 2.24. The van der Waals surface area contributed by atoms with Crippen molar-refractivity contribution >= 4 is 37.5 Å². The van der Waals surface area contributed by atoms with Crippen molar-refractivity contribution in [1.29, 1.82) is 0 Å². The molecule has 0 fully saturated rings. The molecule has 3 nitrogen and oxygen atoms in total. The molecular formula is C15H14Br2FNO2. The molecule has 6 heteroatoms. The smallest absolute Gasteiger partial charge is 0.146 e. The summed E-state index contributed by atoms with van der Waals surface area (Å²) in [6, 6.07) is 8.39. The van der Waals surface area contributed by atoms with E-state index in [9.17, 15) is 4.39 Å². The van der Waals surface area contributed by atoms with Crippen molar-refractivity contribution in [3.63, 3.8) is 0 Å². The lowest BCUT2D eigenvalue weighted by molar-refractivity contribution is 0.407. The Morgan fingerprint density at radius 3 is 2.52 bits per heavy atom. The molecule has 0 atom stereocenters. The van der Waals surface area contributed by atoms with Gasteiger partial charge in [-0.25, -0.2) is 4.39 Å². The highest BCUT2D eigenvalue weighted by Crippen LogP contribution is 2.33. The van der Waals surface area contributed by atoms with Crippen molar-refractivity contribution in [2.45, 2.75) is 6.54 Å². The fourth-order valence-electron chi connectivity index (χ4n) is 1.93. The molecule has 0 spiro atoms. The maximum Gasteiger partial charge on any atom is 0.146 e. The van der Waals surface area contributed by atoms with Gasteiger partial charge in [-0.1, -0.05) is 15.9 Å². The van der Waals surface area contributed by atoms with Crippen LogP contribution in [0.25, 0.3) is 0 Å². The van der Waals surface area contributed by atoms with Crippen LogP contribution in [0.15, 0.2) is 39.3 Å². The standard InChI is InChI=1S/C15H14Br2FNO2/c1-20-11-3-4-13(18)14(7-11)19-8-9-5-10(16)6-12(17)15(9)21-2/h3-7,19H,8H2,1-2H3. The van der Waals surface area contributed by atoms with E-state index in [1.165, 1.54) is 6.07 Å². The van der Waals surface area contributed by atoms with E-state index in [0.29, 0.717) is 23.7 Å². The average molecular weight is 419 g/mol. The normalized spacial score (nSPS) is 10.3. The van der Waals surface area contributed by atoms with Crippen LogP contribution in [0.1, 0.15) is 5.56 Å². The molecule has 21 heavy (non-hydrogen) atoms. The lowest BCUT2D eigenvalue weighted by Gasteiger charge is -2.14. The van der Waals surface area contributed by atoms with Crippen LogP contribution < -0.4 is 14.8 Å². The second kappa shape index (κ2) is 7.13. The first-order chi connectivity index (χ1) is 10.0. The van der Waals surface area contributed by atoms with Crippen molar-refractivity contribution in [2.24, 2.45) is 0 Å². The van der Waals surface area contributed by atoms with Crippen LogP contribution in [-0.4, -0.2) is 14.2 Å². The zero-order chi connectivity index (χ0) is 15.4. The van der Waals surface area contributed by atoms with E-state index in [-0.39, 0.29) is 5.82 Å². The molecule has 1 N–H and O–H groups in total. The highest BCUT2D eigenvalue weighted by molar-refractivity contribution is 9.11. The molecule has 0 saturated heterocycles. The first-order valence-electron chi connectivity index (χ1n) is 6.14. The van der Waals surface area contributed by atoms with Gasteiger partial charge in [0.2, 0.25) is 0 Å². The zero-order valence-electron chi connectivity index (χ0n) is 11.5. The molecule has 0 unspecified atom stereocenters. The number of ether oxygens (including phenoxy) is 2. The van der Waals surface area contributed by atoms with E-state index in [1.807, 2.05) is 12.1 Å². The third kappa shape index (κ3) is 3.89.